The first kappa shape index (κ1) is 14.6. The van der Waals surface area contributed by atoms with Crippen LogP contribution in [0.5, 0.6) is 0 Å². The van der Waals surface area contributed by atoms with Gasteiger partial charge in [-0.3, -0.25) is 4.90 Å². The van der Waals surface area contributed by atoms with E-state index in [1.165, 1.54) is 31.2 Å². The summed E-state index contributed by atoms with van der Waals surface area (Å²) in [6.07, 6.45) is 5.24. The monoisotopic (exact) mass is 349 g/mol. The van der Waals surface area contributed by atoms with Crippen molar-refractivity contribution in [3.8, 4) is 0 Å². The minimum atomic E-state index is 0.635. The lowest BCUT2D eigenvalue weighted by molar-refractivity contribution is 0.120. The van der Waals surface area contributed by atoms with Crippen LogP contribution in [0.15, 0.2) is 18.2 Å². The van der Waals surface area contributed by atoms with E-state index < -0.39 is 0 Å². The van der Waals surface area contributed by atoms with Gasteiger partial charge in [-0.15, -0.1) is 0 Å². The van der Waals surface area contributed by atoms with Crippen molar-refractivity contribution in [3.05, 3.63) is 33.8 Å². The first-order chi connectivity index (χ1) is 8.70. The lowest BCUT2D eigenvalue weighted by Gasteiger charge is -2.37. The third-order valence-electron chi connectivity index (χ3n) is 3.54. The highest BCUT2D eigenvalue weighted by Gasteiger charge is 2.24. The van der Waals surface area contributed by atoms with Crippen molar-refractivity contribution < 1.29 is 0 Å². The van der Waals surface area contributed by atoms with Gasteiger partial charge in [0.2, 0.25) is 0 Å². The Labute approximate surface area is 128 Å². The Balaban J connectivity index is 1.99. The fourth-order valence-electron chi connectivity index (χ4n) is 2.28. The number of rotatable bonds is 6. The lowest BCUT2D eigenvalue weighted by Crippen LogP contribution is -2.40. The fraction of sp³-hybridized carbons (Fsp3) is 0.571. The van der Waals surface area contributed by atoms with Crippen LogP contribution in [0.1, 0.15) is 31.2 Å². The van der Waals surface area contributed by atoms with Crippen LogP contribution in [0.4, 0.5) is 0 Å². The molecule has 2 rings (SSSR count). The largest absolute Gasteiger partial charge is 0.296 e. The number of nitrogens with zero attached hydrogens (tertiary/aromatic N) is 1. The van der Waals surface area contributed by atoms with E-state index in [1.54, 1.807) is 0 Å². The first-order valence-corrected chi connectivity index (χ1v) is 8.32. The van der Waals surface area contributed by atoms with E-state index in [9.17, 15) is 0 Å². The molecule has 1 fully saturated rings. The molecule has 4 heteroatoms. The Kier molecular flexibility index (Phi) is 5.81. The molecule has 0 bridgehead atoms. The number of benzene rings is 1. The molecule has 0 N–H and O–H groups in total. The minimum Gasteiger partial charge on any atom is -0.296 e. The van der Waals surface area contributed by atoms with Crippen LogP contribution in [-0.4, -0.2) is 22.8 Å². The maximum absolute atomic E-state index is 6.07. The number of halogens is 3. The van der Waals surface area contributed by atoms with Gasteiger partial charge < -0.3 is 0 Å². The summed E-state index contributed by atoms with van der Waals surface area (Å²) in [5.41, 5.74) is 1.26. The molecular weight excluding hydrogens is 333 g/mol. The van der Waals surface area contributed by atoms with E-state index in [0.717, 1.165) is 24.5 Å². The molecule has 0 aromatic heterocycles. The van der Waals surface area contributed by atoms with E-state index in [1.807, 2.05) is 12.1 Å². The smallest absolute Gasteiger partial charge is 0.0595 e. The summed E-state index contributed by atoms with van der Waals surface area (Å²) in [5, 5.41) is 2.36. The summed E-state index contributed by atoms with van der Waals surface area (Å²) in [7, 11) is 0. The van der Waals surface area contributed by atoms with Crippen molar-refractivity contribution in [1.29, 1.82) is 0 Å². The Morgan fingerprint density at radius 3 is 2.56 bits per heavy atom. The van der Waals surface area contributed by atoms with Gasteiger partial charge in [0.25, 0.3) is 0 Å². The predicted molar refractivity (Wildman–Crippen MR) is 82.9 cm³/mol. The number of alkyl halides is 1. The Hall–Kier alpha value is 0.240. The van der Waals surface area contributed by atoms with Crippen LogP contribution in [0.25, 0.3) is 0 Å². The standard InChI is InChI=1S/C14H18BrCl2N/c15-7-2-8-18(12-3-1-4-12)10-11-5-6-13(16)14(17)9-11/h5-6,9,12H,1-4,7-8,10H2. The van der Waals surface area contributed by atoms with Gasteiger partial charge in [0, 0.05) is 17.9 Å². The van der Waals surface area contributed by atoms with Crippen LogP contribution < -0.4 is 0 Å². The molecule has 18 heavy (non-hydrogen) atoms. The van der Waals surface area contributed by atoms with E-state index in [4.69, 9.17) is 23.2 Å². The van der Waals surface area contributed by atoms with E-state index >= 15 is 0 Å². The minimum absolute atomic E-state index is 0.635. The Morgan fingerprint density at radius 1 is 1.22 bits per heavy atom. The molecule has 1 aliphatic carbocycles. The second-order valence-electron chi connectivity index (χ2n) is 4.85. The SMILES string of the molecule is Clc1ccc(CN(CCCBr)C2CCC2)cc1Cl. The van der Waals surface area contributed by atoms with Crippen molar-refractivity contribution in [2.75, 3.05) is 11.9 Å². The van der Waals surface area contributed by atoms with Gasteiger partial charge in [0.15, 0.2) is 0 Å². The molecule has 1 aromatic carbocycles. The molecule has 1 aromatic rings. The number of hydrogen-bond donors (Lipinski definition) is 0. The summed E-state index contributed by atoms with van der Waals surface area (Å²) in [4.78, 5) is 2.57. The van der Waals surface area contributed by atoms with Crippen LogP contribution in [0.3, 0.4) is 0 Å². The van der Waals surface area contributed by atoms with Crippen molar-refractivity contribution in [1.82, 2.24) is 4.90 Å². The molecule has 0 aliphatic heterocycles. The van der Waals surface area contributed by atoms with Crippen molar-refractivity contribution >= 4 is 39.1 Å². The molecule has 0 spiro atoms. The van der Waals surface area contributed by atoms with Gasteiger partial charge in [0.1, 0.15) is 0 Å². The normalized spacial score (nSPS) is 16.0. The van der Waals surface area contributed by atoms with Crippen LogP contribution in [-0.2, 0) is 6.54 Å². The second kappa shape index (κ2) is 7.14. The molecule has 0 radical (unpaired) electrons. The highest BCUT2D eigenvalue weighted by atomic mass is 79.9. The molecule has 1 saturated carbocycles. The summed E-state index contributed by atoms with van der Waals surface area (Å²) >= 11 is 15.5. The third kappa shape index (κ3) is 3.86. The molecular formula is C14H18BrCl2N. The van der Waals surface area contributed by atoms with Gasteiger partial charge in [-0.2, -0.15) is 0 Å². The van der Waals surface area contributed by atoms with Crippen LogP contribution in [0.2, 0.25) is 10.0 Å². The van der Waals surface area contributed by atoms with E-state index in [-0.39, 0.29) is 0 Å². The number of hydrogen-bond acceptors (Lipinski definition) is 1. The molecule has 1 nitrogen and oxygen atoms in total. The van der Waals surface area contributed by atoms with Gasteiger partial charge in [0.05, 0.1) is 10.0 Å². The van der Waals surface area contributed by atoms with E-state index in [2.05, 4.69) is 26.9 Å². The zero-order valence-electron chi connectivity index (χ0n) is 10.3. The molecule has 0 atom stereocenters. The molecule has 1 aliphatic rings. The van der Waals surface area contributed by atoms with Crippen molar-refractivity contribution in [3.63, 3.8) is 0 Å². The zero-order chi connectivity index (χ0) is 13.0. The second-order valence-corrected chi connectivity index (χ2v) is 6.45. The molecule has 0 heterocycles. The maximum atomic E-state index is 6.07. The molecule has 0 saturated heterocycles. The zero-order valence-corrected chi connectivity index (χ0v) is 13.4. The summed E-state index contributed by atoms with van der Waals surface area (Å²) in [6.45, 7) is 2.13. The van der Waals surface area contributed by atoms with Crippen molar-refractivity contribution in [2.45, 2.75) is 38.3 Å². The maximum Gasteiger partial charge on any atom is 0.0595 e. The Bertz CT molecular complexity index is 393. The molecule has 100 valence electrons. The van der Waals surface area contributed by atoms with E-state index in [0.29, 0.717) is 10.0 Å². The molecule has 0 amide bonds. The lowest BCUT2D eigenvalue weighted by atomic mass is 9.91. The first-order valence-electron chi connectivity index (χ1n) is 6.44. The summed E-state index contributed by atoms with van der Waals surface area (Å²) in [5.74, 6) is 0. The van der Waals surface area contributed by atoms with Crippen LogP contribution >= 0.6 is 39.1 Å². The predicted octanol–water partition coefficient (Wildman–Crippen LogP) is 5.13. The van der Waals surface area contributed by atoms with Gasteiger partial charge in [-0.1, -0.05) is 51.6 Å². The highest BCUT2D eigenvalue weighted by molar-refractivity contribution is 9.09. The topological polar surface area (TPSA) is 3.24 Å². The fourth-order valence-corrected chi connectivity index (χ4v) is 2.85. The van der Waals surface area contributed by atoms with Gasteiger partial charge >= 0.3 is 0 Å². The average molecular weight is 351 g/mol. The average Bonchev–Trinajstić information content (AvgIpc) is 2.28. The third-order valence-corrected chi connectivity index (χ3v) is 4.84. The summed E-state index contributed by atoms with van der Waals surface area (Å²) < 4.78 is 0. The van der Waals surface area contributed by atoms with Crippen molar-refractivity contribution in [2.24, 2.45) is 0 Å². The van der Waals surface area contributed by atoms with Gasteiger partial charge in [-0.05, 0) is 43.5 Å². The molecule has 0 unspecified atom stereocenters. The highest BCUT2D eigenvalue weighted by Crippen LogP contribution is 2.28. The quantitative estimate of drug-likeness (QED) is 0.642. The Morgan fingerprint density at radius 2 is 2.00 bits per heavy atom. The van der Waals surface area contributed by atoms with Gasteiger partial charge in [-0.25, -0.2) is 0 Å². The van der Waals surface area contributed by atoms with Crippen LogP contribution in [0, 0.1) is 0 Å². The summed E-state index contributed by atoms with van der Waals surface area (Å²) in [6, 6.07) is 6.72.